The second kappa shape index (κ2) is 10.5. The average Bonchev–Trinajstić information content (AvgIpc) is 2.67. The zero-order valence-electron chi connectivity index (χ0n) is 13.7. The highest BCUT2D eigenvalue weighted by Crippen LogP contribution is 2.55. The molecule has 0 aliphatic rings. The first kappa shape index (κ1) is 24.5. The van der Waals surface area contributed by atoms with E-state index in [0.29, 0.717) is 0 Å². The first-order chi connectivity index (χ1) is 13.2. The van der Waals surface area contributed by atoms with Gasteiger partial charge in [0.05, 0.1) is 64.8 Å². The summed E-state index contributed by atoms with van der Waals surface area (Å²) in [4.78, 5) is 0. The van der Waals surface area contributed by atoms with E-state index in [-0.39, 0.29) is 89.0 Å². The van der Waals surface area contributed by atoms with Gasteiger partial charge in [0, 0.05) is 24.2 Å². The Bertz CT molecular complexity index is 776. The van der Waals surface area contributed by atoms with E-state index in [9.17, 15) is 0 Å². The molecule has 0 spiro atoms. The quantitative estimate of drug-likeness (QED) is 0.273. The number of benzene rings is 2. The van der Waals surface area contributed by atoms with Crippen LogP contribution in [0.3, 0.4) is 0 Å². The number of aliphatic hydroxyl groups excluding tert-OH is 2. The number of anilines is 2. The van der Waals surface area contributed by atoms with Crippen LogP contribution in [0.15, 0.2) is 0 Å². The van der Waals surface area contributed by atoms with Gasteiger partial charge in [-0.1, -0.05) is 92.8 Å². The molecule has 0 fully saturated rings. The molecule has 154 valence electrons. The Labute approximate surface area is 201 Å². The predicted molar refractivity (Wildman–Crippen MR) is 123 cm³/mol. The van der Waals surface area contributed by atoms with Crippen LogP contribution < -0.4 is 10.6 Å². The van der Waals surface area contributed by atoms with Gasteiger partial charge in [0.2, 0.25) is 0 Å². The summed E-state index contributed by atoms with van der Waals surface area (Å²) < 4.78 is 0. The molecule has 0 saturated heterocycles. The zero-order valence-corrected chi connectivity index (χ0v) is 19.8. The summed E-state index contributed by atoms with van der Waals surface area (Å²) in [5.41, 5.74) is 0.810. The number of halogens is 8. The van der Waals surface area contributed by atoms with Crippen molar-refractivity contribution in [1.82, 2.24) is 0 Å². The van der Waals surface area contributed by atoms with E-state index in [4.69, 9.17) is 103 Å². The lowest BCUT2D eigenvalue weighted by Crippen LogP contribution is -2.08. The van der Waals surface area contributed by atoms with Crippen molar-refractivity contribution in [2.24, 2.45) is 0 Å². The lowest BCUT2D eigenvalue weighted by Gasteiger charge is -2.21. The maximum absolute atomic E-state index is 9.00. The first-order valence-corrected chi connectivity index (χ1v) is 10.6. The van der Waals surface area contributed by atoms with E-state index in [0.717, 1.165) is 0 Å². The molecule has 12 heteroatoms. The third kappa shape index (κ3) is 4.62. The SMILES string of the molecule is OCCNc1c(Cl)c(Cl)c(-c2c(Cl)c(Cl)c(NCCO)c(Cl)c2Cl)c(Cl)c1Cl. The second-order valence-corrected chi connectivity index (χ2v) is 8.34. The highest BCUT2D eigenvalue weighted by Gasteiger charge is 2.28. The molecule has 0 amide bonds. The predicted octanol–water partition coefficient (Wildman–Crippen LogP) is 7.39. The largest absolute Gasteiger partial charge is 0.395 e. The van der Waals surface area contributed by atoms with Crippen molar-refractivity contribution < 1.29 is 10.2 Å². The van der Waals surface area contributed by atoms with E-state index >= 15 is 0 Å². The number of hydrogen-bond donors (Lipinski definition) is 4. The summed E-state index contributed by atoms with van der Waals surface area (Å²) in [7, 11) is 0. The van der Waals surface area contributed by atoms with E-state index in [1.807, 2.05) is 0 Å². The summed E-state index contributed by atoms with van der Waals surface area (Å²) >= 11 is 51.1. The van der Waals surface area contributed by atoms with E-state index in [1.54, 1.807) is 0 Å². The lowest BCUT2D eigenvalue weighted by molar-refractivity contribution is 0.311. The topological polar surface area (TPSA) is 64.5 Å². The van der Waals surface area contributed by atoms with Crippen LogP contribution in [0, 0.1) is 0 Å². The average molecular weight is 548 g/mol. The van der Waals surface area contributed by atoms with Crippen molar-refractivity contribution in [2.45, 2.75) is 0 Å². The molecule has 0 heterocycles. The molecule has 2 aromatic rings. The lowest BCUT2D eigenvalue weighted by atomic mass is 10.0. The summed E-state index contributed by atoms with van der Waals surface area (Å²) in [6.45, 7) is 0.0370. The normalized spacial score (nSPS) is 11.1. The van der Waals surface area contributed by atoms with Crippen molar-refractivity contribution >= 4 is 104 Å². The standard InChI is InChI=1S/C16H12Cl8N2O2/c17-7-5(8(18)12(22)15(11(7)21)25-1-3-27)6-9(19)13(23)16(26-2-4-28)14(24)10(6)20/h25-28H,1-4H2. The molecular formula is C16H12Cl8N2O2. The zero-order chi connectivity index (χ0) is 21.2. The summed E-state index contributed by atoms with van der Waals surface area (Å²) in [6.07, 6.45) is 0. The molecule has 0 bridgehead atoms. The number of hydrogen-bond acceptors (Lipinski definition) is 4. The maximum atomic E-state index is 9.00. The van der Waals surface area contributed by atoms with Crippen LogP contribution in [0.1, 0.15) is 0 Å². The van der Waals surface area contributed by atoms with Crippen LogP contribution in [0.2, 0.25) is 40.2 Å². The van der Waals surface area contributed by atoms with Crippen LogP contribution in [0.4, 0.5) is 11.4 Å². The Kier molecular flexibility index (Phi) is 9.24. The fourth-order valence-electron chi connectivity index (χ4n) is 2.37. The summed E-state index contributed by atoms with van der Waals surface area (Å²) in [5, 5.41) is 24.0. The van der Waals surface area contributed by atoms with Gasteiger partial charge in [0.25, 0.3) is 0 Å². The Morgan fingerprint density at radius 3 is 0.929 bits per heavy atom. The van der Waals surface area contributed by atoms with Crippen molar-refractivity contribution in [3.8, 4) is 11.1 Å². The molecule has 0 saturated carbocycles. The van der Waals surface area contributed by atoms with Gasteiger partial charge < -0.3 is 20.8 Å². The molecule has 2 aromatic carbocycles. The van der Waals surface area contributed by atoms with Crippen molar-refractivity contribution in [1.29, 1.82) is 0 Å². The van der Waals surface area contributed by atoms with Gasteiger partial charge in [-0.05, 0) is 0 Å². The highest BCUT2D eigenvalue weighted by atomic mass is 35.5. The van der Waals surface area contributed by atoms with Crippen LogP contribution in [-0.4, -0.2) is 36.5 Å². The molecule has 0 aliphatic carbocycles. The summed E-state index contributed by atoms with van der Waals surface area (Å²) in [6, 6.07) is 0. The molecule has 4 nitrogen and oxygen atoms in total. The van der Waals surface area contributed by atoms with Gasteiger partial charge in [0.1, 0.15) is 0 Å². The van der Waals surface area contributed by atoms with Crippen LogP contribution in [0.5, 0.6) is 0 Å². The van der Waals surface area contributed by atoms with Gasteiger partial charge in [0.15, 0.2) is 0 Å². The third-order valence-corrected chi connectivity index (χ3v) is 7.01. The van der Waals surface area contributed by atoms with Gasteiger partial charge in [-0.3, -0.25) is 0 Å². The molecule has 0 aliphatic heterocycles. The Hall–Kier alpha value is 0.280. The van der Waals surface area contributed by atoms with Gasteiger partial charge in [-0.25, -0.2) is 0 Å². The molecule has 4 N–H and O–H groups in total. The summed E-state index contributed by atoms with van der Waals surface area (Å²) in [5.74, 6) is 0. The molecule has 0 unspecified atom stereocenters. The molecule has 0 radical (unpaired) electrons. The number of aliphatic hydroxyl groups is 2. The van der Waals surface area contributed by atoms with Gasteiger partial charge in [-0.15, -0.1) is 0 Å². The number of nitrogens with one attached hydrogen (secondary N) is 2. The second-order valence-electron chi connectivity index (χ2n) is 5.31. The van der Waals surface area contributed by atoms with Crippen molar-refractivity contribution in [3.05, 3.63) is 40.2 Å². The Balaban J connectivity index is 2.79. The third-order valence-electron chi connectivity index (χ3n) is 3.60. The fourth-order valence-corrected chi connectivity index (χ4v) is 4.73. The number of rotatable bonds is 7. The van der Waals surface area contributed by atoms with E-state index in [1.165, 1.54) is 0 Å². The minimum atomic E-state index is -0.158. The molecule has 28 heavy (non-hydrogen) atoms. The van der Waals surface area contributed by atoms with Gasteiger partial charge >= 0.3 is 0 Å². The highest BCUT2D eigenvalue weighted by molar-refractivity contribution is 6.56. The molecule has 2 rings (SSSR count). The van der Waals surface area contributed by atoms with Crippen molar-refractivity contribution in [3.63, 3.8) is 0 Å². The minimum absolute atomic E-state index is 0.0171. The Morgan fingerprint density at radius 1 is 0.464 bits per heavy atom. The monoisotopic (exact) mass is 544 g/mol. The fraction of sp³-hybridized carbons (Fsp3) is 0.250. The Morgan fingerprint density at radius 2 is 0.714 bits per heavy atom. The van der Waals surface area contributed by atoms with E-state index < -0.39 is 0 Å². The van der Waals surface area contributed by atoms with Gasteiger partial charge in [-0.2, -0.15) is 0 Å². The minimum Gasteiger partial charge on any atom is -0.395 e. The van der Waals surface area contributed by atoms with E-state index in [2.05, 4.69) is 10.6 Å². The molecule has 0 atom stereocenters. The molecular weight excluding hydrogens is 536 g/mol. The molecule has 0 aromatic heterocycles. The van der Waals surface area contributed by atoms with Crippen LogP contribution >= 0.6 is 92.8 Å². The smallest absolute Gasteiger partial charge is 0.0846 e. The first-order valence-electron chi connectivity index (χ1n) is 7.60. The maximum Gasteiger partial charge on any atom is 0.0846 e. The van der Waals surface area contributed by atoms with Crippen LogP contribution in [0.25, 0.3) is 11.1 Å². The van der Waals surface area contributed by atoms with Crippen LogP contribution in [-0.2, 0) is 0 Å². The van der Waals surface area contributed by atoms with Crippen molar-refractivity contribution in [2.75, 3.05) is 36.9 Å².